The molecule has 0 spiro atoms. The number of benzene rings is 1. The lowest BCUT2D eigenvalue weighted by Crippen LogP contribution is -2.09. The molecule has 0 aliphatic rings. The Morgan fingerprint density at radius 1 is 0.969 bits per heavy atom. The summed E-state index contributed by atoms with van der Waals surface area (Å²) in [6.45, 7) is 7.33. The van der Waals surface area contributed by atoms with Crippen molar-refractivity contribution < 1.29 is 9.47 Å². The van der Waals surface area contributed by atoms with Gasteiger partial charge in [-0.1, -0.05) is 20.8 Å². The van der Waals surface area contributed by atoms with E-state index >= 15 is 0 Å². The summed E-state index contributed by atoms with van der Waals surface area (Å²) in [6.07, 6.45) is 3.58. The Morgan fingerprint density at radius 2 is 1.66 bits per heavy atom. The summed E-state index contributed by atoms with van der Waals surface area (Å²) in [4.78, 5) is 9.67. The van der Waals surface area contributed by atoms with Crippen LogP contribution in [0.1, 0.15) is 31.9 Å². The van der Waals surface area contributed by atoms with Crippen molar-refractivity contribution in [2.24, 2.45) is 0 Å². The Kier molecular flexibility index (Phi) is 8.45. The number of hydrogen-bond acceptors (Lipinski definition) is 7. The van der Waals surface area contributed by atoms with E-state index in [1.807, 2.05) is 31.1 Å². The maximum atomic E-state index is 5.73. The Bertz CT molecular complexity index is 1040. The van der Waals surface area contributed by atoms with Crippen LogP contribution in [-0.2, 0) is 12.8 Å². The van der Waals surface area contributed by atoms with Gasteiger partial charge >= 0.3 is 0 Å². The minimum absolute atomic E-state index is 0.824. The van der Waals surface area contributed by atoms with Gasteiger partial charge in [0.1, 0.15) is 23.1 Å². The second-order valence-corrected chi connectivity index (χ2v) is 8.73. The van der Waals surface area contributed by atoms with Gasteiger partial charge in [-0.25, -0.2) is 9.97 Å². The van der Waals surface area contributed by atoms with Crippen molar-refractivity contribution in [1.29, 1.82) is 0 Å². The van der Waals surface area contributed by atoms with E-state index in [0.717, 1.165) is 87.2 Å². The second kappa shape index (κ2) is 11.3. The first kappa shape index (κ1) is 24.0. The summed E-state index contributed by atoms with van der Waals surface area (Å²) in [7, 11) is 5.29. The van der Waals surface area contributed by atoms with Crippen LogP contribution in [0.15, 0.2) is 24.4 Å². The Balaban J connectivity index is 2.26. The molecule has 3 rings (SSSR count). The molecule has 1 aromatic carbocycles. The molecule has 0 atom stereocenters. The fourth-order valence-electron chi connectivity index (χ4n) is 4.03. The molecule has 0 unspecified atom stereocenters. The lowest BCUT2D eigenvalue weighted by atomic mass is 9.92. The second-order valence-electron chi connectivity index (χ2n) is 7.34. The molecule has 172 valence electrons. The number of methoxy groups -OCH3 is 2. The highest BCUT2D eigenvalue weighted by atomic mass is 32.2. The lowest BCUT2D eigenvalue weighted by Gasteiger charge is -2.21. The van der Waals surface area contributed by atoms with Crippen LogP contribution in [0.25, 0.3) is 22.0 Å². The number of pyridine rings is 2. The van der Waals surface area contributed by atoms with Crippen molar-refractivity contribution in [2.45, 2.75) is 33.6 Å². The first-order chi connectivity index (χ1) is 15.6. The monoisotopic (exact) mass is 454 g/mol. The van der Waals surface area contributed by atoms with Gasteiger partial charge in [-0.2, -0.15) is 11.8 Å². The Labute approximate surface area is 195 Å². The summed E-state index contributed by atoms with van der Waals surface area (Å²) in [5.74, 6) is 5.49. The van der Waals surface area contributed by atoms with Crippen molar-refractivity contribution in [3.8, 4) is 22.8 Å². The van der Waals surface area contributed by atoms with Gasteiger partial charge in [0.2, 0.25) is 0 Å². The quantitative estimate of drug-likeness (QED) is 0.363. The van der Waals surface area contributed by atoms with Gasteiger partial charge < -0.3 is 20.1 Å². The highest BCUT2D eigenvalue weighted by Crippen LogP contribution is 2.41. The zero-order valence-electron chi connectivity index (χ0n) is 20.0. The first-order valence-corrected chi connectivity index (χ1v) is 12.3. The smallest absolute Gasteiger partial charge is 0.134 e. The van der Waals surface area contributed by atoms with E-state index in [1.165, 1.54) is 0 Å². The highest BCUT2D eigenvalue weighted by molar-refractivity contribution is 7.99. The van der Waals surface area contributed by atoms with E-state index in [4.69, 9.17) is 14.5 Å². The molecule has 2 aromatic heterocycles. The molecule has 0 radical (unpaired) electrons. The van der Waals surface area contributed by atoms with Gasteiger partial charge in [0.25, 0.3) is 0 Å². The third-order valence-corrected chi connectivity index (χ3v) is 6.48. The highest BCUT2D eigenvalue weighted by Gasteiger charge is 2.21. The molecule has 3 aromatic rings. The zero-order chi connectivity index (χ0) is 23.1. The number of nitrogens with one attached hydrogen (secondary N) is 2. The fraction of sp³-hybridized carbons (Fsp3) is 0.440. The Morgan fingerprint density at radius 3 is 2.22 bits per heavy atom. The molecule has 2 N–H and O–H groups in total. The van der Waals surface area contributed by atoms with E-state index in [0.29, 0.717) is 0 Å². The molecule has 0 fully saturated rings. The summed E-state index contributed by atoms with van der Waals surface area (Å²) in [5.41, 5.74) is 4.29. The van der Waals surface area contributed by atoms with E-state index < -0.39 is 0 Å². The zero-order valence-corrected chi connectivity index (χ0v) is 20.8. The lowest BCUT2D eigenvalue weighted by molar-refractivity contribution is 0.389. The SMILES string of the molecule is CCSCCNc1nc(-c2c(CC)c(OC)cc(OC)c2CC)cc2cnc(NC)cc12. The average Bonchev–Trinajstić information content (AvgIpc) is 2.84. The minimum atomic E-state index is 0.824. The van der Waals surface area contributed by atoms with Crippen LogP contribution in [-0.4, -0.2) is 49.3 Å². The summed E-state index contributed by atoms with van der Waals surface area (Å²) in [5, 5.41) is 8.80. The summed E-state index contributed by atoms with van der Waals surface area (Å²) >= 11 is 1.91. The standard InChI is InChI=1S/C25H34N4O2S/c1-7-17-21(30-5)14-22(31-6)18(8-2)24(17)20-12-16-15-28-23(26-4)13-19(16)25(29-20)27-10-11-32-9-3/h12-15H,7-11H2,1-6H3,(H,26,28)(H,27,29). The minimum Gasteiger partial charge on any atom is -0.496 e. The van der Waals surface area contributed by atoms with E-state index in [-0.39, 0.29) is 0 Å². The van der Waals surface area contributed by atoms with E-state index in [2.05, 4.69) is 48.5 Å². The van der Waals surface area contributed by atoms with Crippen molar-refractivity contribution in [2.75, 3.05) is 50.0 Å². The number of aromatic nitrogens is 2. The molecule has 7 heteroatoms. The average molecular weight is 455 g/mol. The molecule has 0 saturated heterocycles. The van der Waals surface area contributed by atoms with Gasteiger partial charge in [-0.15, -0.1) is 0 Å². The third-order valence-electron chi connectivity index (χ3n) is 5.58. The van der Waals surface area contributed by atoms with Gasteiger partial charge in [-0.05, 0) is 30.7 Å². The van der Waals surface area contributed by atoms with Crippen molar-refractivity contribution in [3.05, 3.63) is 35.5 Å². The number of ether oxygens (including phenoxy) is 2. The van der Waals surface area contributed by atoms with Crippen molar-refractivity contribution >= 4 is 34.2 Å². The first-order valence-electron chi connectivity index (χ1n) is 11.2. The van der Waals surface area contributed by atoms with Gasteiger partial charge in [-0.3, -0.25) is 0 Å². The van der Waals surface area contributed by atoms with Crippen molar-refractivity contribution in [1.82, 2.24) is 9.97 Å². The van der Waals surface area contributed by atoms with Gasteiger partial charge in [0.15, 0.2) is 0 Å². The van der Waals surface area contributed by atoms with Crippen LogP contribution in [0.4, 0.5) is 11.6 Å². The predicted molar refractivity (Wildman–Crippen MR) is 138 cm³/mol. The number of rotatable bonds is 11. The number of thioether (sulfide) groups is 1. The topological polar surface area (TPSA) is 68.3 Å². The van der Waals surface area contributed by atoms with Crippen LogP contribution < -0.4 is 20.1 Å². The van der Waals surface area contributed by atoms with Crippen LogP contribution in [0.2, 0.25) is 0 Å². The molecule has 0 amide bonds. The molecule has 0 aliphatic heterocycles. The van der Waals surface area contributed by atoms with Crippen LogP contribution in [0.3, 0.4) is 0 Å². The number of nitrogens with zero attached hydrogens (tertiary/aromatic N) is 2. The largest absolute Gasteiger partial charge is 0.496 e. The molecular formula is C25H34N4O2S. The number of anilines is 2. The van der Waals surface area contributed by atoms with E-state index in [9.17, 15) is 0 Å². The molecule has 0 saturated carbocycles. The van der Waals surface area contributed by atoms with Crippen LogP contribution in [0.5, 0.6) is 11.5 Å². The van der Waals surface area contributed by atoms with Crippen molar-refractivity contribution in [3.63, 3.8) is 0 Å². The molecule has 0 aliphatic carbocycles. The Hall–Kier alpha value is -2.67. The maximum Gasteiger partial charge on any atom is 0.134 e. The number of fused-ring (bicyclic) bond motifs is 1. The predicted octanol–water partition coefficient (Wildman–Crippen LogP) is 5.65. The van der Waals surface area contributed by atoms with Crippen LogP contribution in [0, 0.1) is 0 Å². The molecular weight excluding hydrogens is 420 g/mol. The normalized spacial score (nSPS) is 10.9. The molecule has 6 nitrogen and oxygen atoms in total. The molecule has 0 bridgehead atoms. The summed E-state index contributed by atoms with van der Waals surface area (Å²) < 4.78 is 11.5. The van der Waals surface area contributed by atoms with Gasteiger partial charge in [0, 0.05) is 59.1 Å². The van der Waals surface area contributed by atoms with E-state index in [1.54, 1.807) is 14.2 Å². The third kappa shape index (κ3) is 4.88. The van der Waals surface area contributed by atoms with Crippen LogP contribution >= 0.6 is 11.8 Å². The fourth-order valence-corrected chi connectivity index (χ4v) is 4.56. The molecule has 2 heterocycles. The number of hydrogen-bond donors (Lipinski definition) is 2. The van der Waals surface area contributed by atoms with Gasteiger partial charge in [0.05, 0.1) is 19.9 Å². The molecule has 32 heavy (non-hydrogen) atoms. The summed E-state index contributed by atoms with van der Waals surface area (Å²) in [6, 6.07) is 6.17. The maximum absolute atomic E-state index is 5.73.